The Morgan fingerprint density at radius 2 is 0.529 bits per heavy atom. The molecule has 14 rings (SSSR count). The van der Waals surface area contributed by atoms with Crippen molar-refractivity contribution in [2.24, 2.45) is 0 Å². The second kappa shape index (κ2) is 15.7. The number of fused-ring (bicyclic) bond motifs is 10. The van der Waals surface area contributed by atoms with Crippen molar-refractivity contribution in [3.05, 3.63) is 312 Å². The summed E-state index contributed by atoms with van der Waals surface area (Å²) in [6, 6.07) is 93.7. The van der Waals surface area contributed by atoms with Gasteiger partial charge in [0.1, 0.15) is 0 Å². The summed E-state index contributed by atoms with van der Waals surface area (Å²) in [6.45, 7) is 0. The molecule has 0 fully saturated rings. The lowest BCUT2D eigenvalue weighted by atomic mass is 9.62. The Hall–Kier alpha value is -9.12. The van der Waals surface area contributed by atoms with Gasteiger partial charge in [-0.25, -0.2) is 0 Å². The predicted molar refractivity (Wildman–Crippen MR) is 288 cm³/mol. The van der Waals surface area contributed by atoms with E-state index in [1.54, 1.807) is 0 Å². The van der Waals surface area contributed by atoms with Crippen LogP contribution < -0.4 is 9.80 Å². The molecule has 11 aromatic carbocycles. The van der Waals surface area contributed by atoms with Crippen molar-refractivity contribution in [3.8, 4) is 0 Å². The highest BCUT2D eigenvalue weighted by molar-refractivity contribution is 6.24. The SMILES string of the molecule is c1ccc(C2(c3ccccc3)c3ccccc3N(c3ccc4c(c3)c3cc(N5c6ccccc6C(c6ccccc6)(c6ccccc6)c6ccccc65)ccc3c3nccnc43)c3ccccc32)cc1. The molecule has 3 heterocycles. The Balaban J connectivity index is 1.02. The lowest BCUT2D eigenvalue weighted by molar-refractivity contribution is 0.731. The molecule has 4 nitrogen and oxygen atoms in total. The fourth-order valence-corrected chi connectivity index (χ4v) is 12.3. The molecule has 0 atom stereocenters. The first-order valence-corrected chi connectivity index (χ1v) is 24.1. The van der Waals surface area contributed by atoms with Crippen LogP contribution in [0.3, 0.4) is 0 Å². The van der Waals surface area contributed by atoms with Crippen molar-refractivity contribution in [1.29, 1.82) is 0 Å². The third-order valence-corrected chi connectivity index (χ3v) is 15.0. The number of hydrogen-bond donors (Lipinski definition) is 0. The molecule has 2 aliphatic rings. The maximum atomic E-state index is 5.02. The van der Waals surface area contributed by atoms with Crippen LogP contribution in [-0.2, 0) is 10.8 Å². The number of nitrogens with zero attached hydrogens (tertiary/aromatic N) is 4. The molecule has 70 heavy (non-hydrogen) atoms. The molecule has 0 saturated heterocycles. The molecule has 1 aromatic heterocycles. The van der Waals surface area contributed by atoms with Gasteiger partial charge in [-0.15, -0.1) is 0 Å². The number of rotatable bonds is 6. The van der Waals surface area contributed by atoms with E-state index in [0.717, 1.165) is 66.7 Å². The fourth-order valence-electron chi connectivity index (χ4n) is 12.3. The Morgan fingerprint density at radius 3 is 0.829 bits per heavy atom. The molecule has 328 valence electrons. The number of aromatic nitrogens is 2. The van der Waals surface area contributed by atoms with Crippen molar-refractivity contribution in [2.45, 2.75) is 10.8 Å². The minimum atomic E-state index is -0.559. The van der Waals surface area contributed by atoms with E-state index in [0.29, 0.717) is 0 Å². The smallest absolute Gasteiger partial charge is 0.0971 e. The molecule has 0 radical (unpaired) electrons. The Bertz CT molecular complexity index is 3530. The second-order valence-corrected chi connectivity index (χ2v) is 18.4. The molecule has 0 N–H and O–H groups in total. The number of hydrogen-bond acceptors (Lipinski definition) is 4. The highest BCUT2D eigenvalue weighted by atomic mass is 15.2. The normalized spacial score (nSPS) is 14.2. The van der Waals surface area contributed by atoms with Gasteiger partial charge in [-0.2, -0.15) is 0 Å². The minimum Gasteiger partial charge on any atom is -0.310 e. The van der Waals surface area contributed by atoms with Crippen LogP contribution in [0.1, 0.15) is 44.5 Å². The number of anilines is 6. The summed E-state index contributed by atoms with van der Waals surface area (Å²) in [5.74, 6) is 0. The largest absolute Gasteiger partial charge is 0.310 e. The minimum absolute atomic E-state index is 0.559. The van der Waals surface area contributed by atoms with Crippen LogP contribution in [0.2, 0.25) is 0 Å². The molecule has 12 aromatic rings. The van der Waals surface area contributed by atoms with Crippen LogP contribution in [0.15, 0.2) is 267 Å². The maximum absolute atomic E-state index is 5.02. The van der Waals surface area contributed by atoms with Crippen LogP contribution in [-0.4, -0.2) is 9.97 Å². The van der Waals surface area contributed by atoms with Gasteiger partial charge < -0.3 is 9.80 Å². The van der Waals surface area contributed by atoms with Crippen LogP contribution in [0.4, 0.5) is 34.1 Å². The van der Waals surface area contributed by atoms with Crippen LogP contribution in [0, 0.1) is 0 Å². The van der Waals surface area contributed by atoms with Crippen molar-refractivity contribution in [3.63, 3.8) is 0 Å². The first kappa shape index (κ1) is 40.0. The lowest BCUT2D eigenvalue weighted by Gasteiger charge is -2.46. The van der Waals surface area contributed by atoms with Crippen LogP contribution in [0.5, 0.6) is 0 Å². The van der Waals surface area contributed by atoms with E-state index in [9.17, 15) is 0 Å². The van der Waals surface area contributed by atoms with Crippen molar-refractivity contribution in [2.75, 3.05) is 9.80 Å². The van der Waals surface area contributed by atoms with Gasteiger partial charge in [0.25, 0.3) is 0 Å². The summed E-state index contributed by atoms with van der Waals surface area (Å²) in [4.78, 5) is 15.0. The Morgan fingerprint density at radius 1 is 0.257 bits per heavy atom. The van der Waals surface area contributed by atoms with E-state index in [1.165, 1.54) is 44.5 Å². The highest BCUT2D eigenvalue weighted by Gasteiger charge is 2.48. The predicted octanol–water partition coefficient (Wildman–Crippen LogP) is 16.3. The van der Waals surface area contributed by atoms with Gasteiger partial charge in [0.2, 0.25) is 0 Å². The summed E-state index contributed by atoms with van der Waals surface area (Å²) in [6.07, 6.45) is 3.63. The topological polar surface area (TPSA) is 32.3 Å². The van der Waals surface area contributed by atoms with Gasteiger partial charge in [0, 0.05) is 34.5 Å². The summed E-state index contributed by atoms with van der Waals surface area (Å²) in [5, 5.41) is 4.35. The summed E-state index contributed by atoms with van der Waals surface area (Å²) in [7, 11) is 0. The van der Waals surface area contributed by atoms with Gasteiger partial charge in [0.15, 0.2) is 0 Å². The lowest BCUT2D eigenvalue weighted by Crippen LogP contribution is -2.37. The quantitative estimate of drug-likeness (QED) is 0.156. The molecule has 0 unspecified atom stereocenters. The van der Waals surface area contributed by atoms with E-state index < -0.39 is 10.8 Å². The molecule has 0 spiro atoms. The van der Waals surface area contributed by atoms with Crippen molar-refractivity contribution >= 4 is 66.7 Å². The van der Waals surface area contributed by atoms with Crippen LogP contribution in [0.25, 0.3) is 32.6 Å². The number of benzene rings is 11. The molecule has 0 amide bonds. The van der Waals surface area contributed by atoms with Crippen LogP contribution >= 0.6 is 0 Å². The average molecular weight is 893 g/mol. The average Bonchev–Trinajstić information content (AvgIpc) is 3.45. The van der Waals surface area contributed by atoms with E-state index in [-0.39, 0.29) is 0 Å². The standard InChI is InChI=1S/C66H44N4/c1-5-21-45(22-6-1)65(46-23-7-2-8-24-46)55-29-13-17-33-59(55)69(60-34-18-14-30-56(60)65)49-37-39-51-53(43-49)54-44-50(38-40-52(54)64-63(51)67-41-42-68-64)70-61-35-19-15-31-57(61)66(47-25-9-3-10-26-47,48-27-11-4-12-28-48)58-32-16-20-36-62(58)70/h1-44H. The number of para-hydroxylation sites is 4. The molecule has 0 bridgehead atoms. The summed E-state index contributed by atoms with van der Waals surface area (Å²) < 4.78 is 0. The monoisotopic (exact) mass is 892 g/mol. The van der Waals surface area contributed by atoms with Crippen molar-refractivity contribution < 1.29 is 0 Å². The molecule has 2 aliphatic heterocycles. The molecule has 0 aliphatic carbocycles. The summed E-state index contributed by atoms with van der Waals surface area (Å²) >= 11 is 0. The van der Waals surface area contributed by atoms with E-state index >= 15 is 0 Å². The van der Waals surface area contributed by atoms with Gasteiger partial charge in [0.05, 0.1) is 44.6 Å². The first-order chi connectivity index (χ1) is 34.8. The van der Waals surface area contributed by atoms with Gasteiger partial charge >= 0.3 is 0 Å². The third-order valence-electron chi connectivity index (χ3n) is 15.0. The summed E-state index contributed by atoms with van der Waals surface area (Å²) in [5.41, 5.74) is 17.2. The molecular weight excluding hydrogens is 849 g/mol. The highest BCUT2D eigenvalue weighted by Crippen LogP contribution is 2.60. The first-order valence-electron chi connectivity index (χ1n) is 24.1. The van der Waals surface area contributed by atoms with E-state index in [1.807, 2.05) is 12.4 Å². The van der Waals surface area contributed by atoms with E-state index in [2.05, 4.69) is 265 Å². The van der Waals surface area contributed by atoms with E-state index in [4.69, 9.17) is 9.97 Å². The van der Waals surface area contributed by atoms with Gasteiger partial charge in [-0.1, -0.05) is 206 Å². The second-order valence-electron chi connectivity index (χ2n) is 18.4. The zero-order chi connectivity index (χ0) is 46.2. The Kier molecular flexibility index (Phi) is 8.99. The van der Waals surface area contributed by atoms with Gasteiger partial charge in [-0.3, -0.25) is 9.97 Å². The molecule has 4 heteroatoms. The molecule has 0 saturated carbocycles. The van der Waals surface area contributed by atoms with Crippen molar-refractivity contribution in [1.82, 2.24) is 9.97 Å². The third kappa shape index (κ3) is 5.59. The zero-order valence-electron chi connectivity index (χ0n) is 38.2. The Labute approximate surface area is 407 Å². The fraction of sp³-hybridized carbons (Fsp3) is 0.0303. The maximum Gasteiger partial charge on any atom is 0.0971 e. The van der Waals surface area contributed by atoms with Gasteiger partial charge in [-0.05, 0) is 104 Å². The zero-order valence-corrected chi connectivity index (χ0v) is 38.2. The molecular formula is C66H44N4.